The van der Waals surface area contributed by atoms with Gasteiger partial charge in [0.2, 0.25) is 5.91 Å². The number of carbonyl (C=O) groups is 2. The summed E-state index contributed by atoms with van der Waals surface area (Å²) in [5.74, 6) is -0.165. The average Bonchev–Trinajstić information content (AvgIpc) is 2.25. The zero-order valence-electron chi connectivity index (χ0n) is 9.73. The molecule has 0 aromatic heterocycles. The van der Waals surface area contributed by atoms with E-state index in [0.29, 0.717) is 0 Å². The maximum atomic E-state index is 11.8. The molecule has 1 unspecified atom stereocenters. The molecule has 0 radical (unpaired) electrons. The Bertz CT molecular complexity index is 262. The number of amides is 1. The Morgan fingerprint density at radius 3 is 2.50 bits per heavy atom. The summed E-state index contributed by atoms with van der Waals surface area (Å²) in [6.07, 6.45) is 3.08. The predicted octanol–water partition coefficient (Wildman–Crippen LogP) is 1.50. The Labute approximate surface area is 100 Å². The average molecular weight is 245 g/mol. The van der Waals surface area contributed by atoms with Crippen molar-refractivity contribution in [1.82, 2.24) is 5.32 Å². The summed E-state index contributed by atoms with van der Waals surface area (Å²) in [7, 11) is 0. The highest BCUT2D eigenvalue weighted by atomic mass is 32.2. The Kier molecular flexibility index (Phi) is 5.12. The van der Waals surface area contributed by atoms with E-state index >= 15 is 0 Å². The van der Waals surface area contributed by atoms with Crippen molar-refractivity contribution in [1.29, 1.82) is 0 Å². The zero-order valence-corrected chi connectivity index (χ0v) is 10.5. The first kappa shape index (κ1) is 13.4. The maximum Gasteiger partial charge on any atom is 0.326 e. The highest BCUT2D eigenvalue weighted by molar-refractivity contribution is 8.00. The van der Waals surface area contributed by atoms with E-state index in [0.717, 1.165) is 25.0 Å². The Morgan fingerprint density at radius 1 is 1.38 bits per heavy atom. The van der Waals surface area contributed by atoms with Crippen molar-refractivity contribution in [2.45, 2.75) is 44.4 Å². The van der Waals surface area contributed by atoms with Gasteiger partial charge in [-0.2, -0.15) is 0 Å². The molecule has 1 heterocycles. The van der Waals surface area contributed by atoms with Crippen LogP contribution in [0.15, 0.2) is 0 Å². The van der Waals surface area contributed by atoms with Crippen molar-refractivity contribution in [3.63, 3.8) is 0 Å². The van der Waals surface area contributed by atoms with Crippen LogP contribution in [0, 0.1) is 5.92 Å². The second kappa shape index (κ2) is 6.13. The highest BCUT2D eigenvalue weighted by Crippen LogP contribution is 2.25. The molecule has 1 rings (SSSR count). The molecule has 1 aliphatic heterocycles. The molecule has 0 aromatic rings. The van der Waals surface area contributed by atoms with Crippen LogP contribution in [0.3, 0.4) is 0 Å². The van der Waals surface area contributed by atoms with Gasteiger partial charge in [0, 0.05) is 0 Å². The lowest BCUT2D eigenvalue weighted by molar-refractivity contribution is -0.143. The lowest BCUT2D eigenvalue weighted by Crippen LogP contribution is -2.47. The van der Waals surface area contributed by atoms with E-state index in [1.807, 2.05) is 0 Å². The van der Waals surface area contributed by atoms with Crippen LogP contribution in [0.1, 0.15) is 33.1 Å². The summed E-state index contributed by atoms with van der Waals surface area (Å²) in [6.45, 7) is 3.60. The van der Waals surface area contributed by atoms with Gasteiger partial charge in [-0.1, -0.05) is 20.3 Å². The molecule has 92 valence electrons. The molecule has 16 heavy (non-hydrogen) atoms. The van der Waals surface area contributed by atoms with Crippen molar-refractivity contribution >= 4 is 23.6 Å². The van der Waals surface area contributed by atoms with E-state index in [1.165, 1.54) is 0 Å². The summed E-state index contributed by atoms with van der Waals surface area (Å²) in [5.41, 5.74) is 0. The molecule has 0 bridgehead atoms. The van der Waals surface area contributed by atoms with Crippen LogP contribution >= 0.6 is 11.8 Å². The normalized spacial score (nSPS) is 22.8. The van der Waals surface area contributed by atoms with E-state index < -0.39 is 12.0 Å². The molecule has 1 amide bonds. The standard InChI is InChI=1S/C11H19NO3S/c1-7(2)9(11(14)15)12-10(13)8-5-3-4-6-16-8/h7-9H,3-6H2,1-2H3,(H,12,13)(H,14,15)/t8?,9-/m0/s1. The van der Waals surface area contributed by atoms with E-state index in [4.69, 9.17) is 5.11 Å². The van der Waals surface area contributed by atoms with E-state index in [9.17, 15) is 9.59 Å². The molecule has 2 N–H and O–H groups in total. The summed E-state index contributed by atoms with van der Waals surface area (Å²) < 4.78 is 0. The molecule has 1 saturated heterocycles. The zero-order chi connectivity index (χ0) is 12.1. The number of aliphatic carboxylic acids is 1. The molecule has 4 nitrogen and oxygen atoms in total. The summed E-state index contributed by atoms with van der Waals surface area (Å²) >= 11 is 1.63. The first-order valence-corrected chi connectivity index (χ1v) is 6.72. The third-order valence-electron chi connectivity index (χ3n) is 2.70. The van der Waals surface area contributed by atoms with Gasteiger partial charge in [-0.05, 0) is 24.5 Å². The van der Waals surface area contributed by atoms with Gasteiger partial charge in [-0.15, -0.1) is 11.8 Å². The van der Waals surface area contributed by atoms with Crippen LogP contribution in [-0.2, 0) is 9.59 Å². The smallest absolute Gasteiger partial charge is 0.326 e. The van der Waals surface area contributed by atoms with Crippen LogP contribution in [0.25, 0.3) is 0 Å². The second-order valence-corrected chi connectivity index (χ2v) is 5.73. The highest BCUT2D eigenvalue weighted by Gasteiger charge is 2.28. The number of thioether (sulfide) groups is 1. The number of carboxylic acid groups (broad SMARTS) is 1. The first-order valence-electron chi connectivity index (χ1n) is 5.67. The van der Waals surface area contributed by atoms with Crippen LogP contribution in [0.5, 0.6) is 0 Å². The molecule has 0 spiro atoms. The van der Waals surface area contributed by atoms with Crippen molar-refractivity contribution in [3.05, 3.63) is 0 Å². The largest absolute Gasteiger partial charge is 0.480 e. The number of carboxylic acids is 1. The molecule has 0 aliphatic carbocycles. The van der Waals surface area contributed by atoms with Gasteiger partial charge in [0.15, 0.2) is 0 Å². The SMILES string of the molecule is CC(C)[C@H](NC(=O)C1CCCCS1)C(=O)O. The van der Waals surface area contributed by atoms with Crippen molar-refractivity contribution < 1.29 is 14.7 Å². The molecular formula is C11H19NO3S. The van der Waals surface area contributed by atoms with Gasteiger partial charge >= 0.3 is 5.97 Å². The topological polar surface area (TPSA) is 66.4 Å². The summed E-state index contributed by atoms with van der Waals surface area (Å²) in [6, 6.07) is -0.768. The third-order valence-corrected chi connectivity index (χ3v) is 4.08. The molecule has 1 aliphatic rings. The number of carbonyl (C=O) groups excluding carboxylic acids is 1. The third kappa shape index (κ3) is 3.70. The van der Waals surface area contributed by atoms with Crippen molar-refractivity contribution in [2.75, 3.05) is 5.75 Å². The monoisotopic (exact) mass is 245 g/mol. The number of rotatable bonds is 4. The number of nitrogens with one attached hydrogen (secondary N) is 1. The minimum atomic E-state index is -0.954. The van der Waals surface area contributed by atoms with E-state index in [-0.39, 0.29) is 17.1 Å². The molecule has 5 heteroatoms. The lowest BCUT2D eigenvalue weighted by atomic mass is 10.0. The fraction of sp³-hybridized carbons (Fsp3) is 0.818. The summed E-state index contributed by atoms with van der Waals surface area (Å²) in [4.78, 5) is 22.8. The molecule has 1 fully saturated rings. The van der Waals surface area contributed by atoms with Gasteiger partial charge in [0.25, 0.3) is 0 Å². The van der Waals surface area contributed by atoms with Gasteiger partial charge in [0.05, 0.1) is 5.25 Å². The Hall–Kier alpha value is -0.710. The van der Waals surface area contributed by atoms with E-state index in [2.05, 4.69) is 5.32 Å². The van der Waals surface area contributed by atoms with Gasteiger partial charge in [-0.25, -0.2) is 4.79 Å². The van der Waals surface area contributed by atoms with Crippen molar-refractivity contribution in [2.24, 2.45) is 5.92 Å². The fourth-order valence-corrected chi connectivity index (χ4v) is 2.92. The van der Waals surface area contributed by atoms with Gasteiger partial charge in [-0.3, -0.25) is 4.79 Å². The molecule has 2 atom stereocenters. The Balaban J connectivity index is 2.50. The minimum Gasteiger partial charge on any atom is -0.480 e. The van der Waals surface area contributed by atoms with Crippen LogP contribution < -0.4 is 5.32 Å². The van der Waals surface area contributed by atoms with Crippen LogP contribution in [0.2, 0.25) is 0 Å². The molecular weight excluding hydrogens is 226 g/mol. The van der Waals surface area contributed by atoms with Gasteiger partial charge < -0.3 is 10.4 Å². The first-order chi connectivity index (χ1) is 7.52. The Morgan fingerprint density at radius 2 is 2.06 bits per heavy atom. The predicted molar refractivity (Wildman–Crippen MR) is 64.5 cm³/mol. The molecule has 0 aromatic carbocycles. The quantitative estimate of drug-likeness (QED) is 0.787. The van der Waals surface area contributed by atoms with Crippen LogP contribution in [-0.4, -0.2) is 34.0 Å². The summed E-state index contributed by atoms with van der Waals surface area (Å²) in [5, 5.41) is 11.5. The minimum absolute atomic E-state index is 0.0608. The number of hydrogen-bond donors (Lipinski definition) is 2. The second-order valence-electron chi connectivity index (χ2n) is 4.42. The van der Waals surface area contributed by atoms with Crippen molar-refractivity contribution in [3.8, 4) is 0 Å². The number of hydrogen-bond acceptors (Lipinski definition) is 3. The van der Waals surface area contributed by atoms with E-state index in [1.54, 1.807) is 25.6 Å². The fourth-order valence-electron chi connectivity index (χ4n) is 1.71. The van der Waals surface area contributed by atoms with Crippen LogP contribution in [0.4, 0.5) is 0 Å². The lowest BCUT2D eigenvalue weighted by Gasteiger charge is -2.24. The molecule has 0 saturated carbocycles. The van der Waals surface area contributed by atoms with Gasteiger partial charge in [0.1, 0.15) is 6.04 Å². The maximum absolute atomic E-state index is 11.8.